The number of phenolic OH excluding ortho intramolecular Hbond substituents is 3. The molecule has 6 nitrogen and oxygen atoms in total. The number of aromatic hydroxyl groups is 3. The zero-order valence-corrected chi connectivity index (χ0v) is 11.2. The van der Waals surface area contributed by atoms with Gasteiger partial charge in [-0.05, 0) is 30.3 Å². The Morgan fingerprint density at radius 3 is 2.19 bits per heavy atom. The SMILES string of the molecule is COc1cc(C=O)ccc1O.O=Cc1cccc(O)c1O. The van der Waals surface area contributed by atoms with E-state index >= 15 is 0 Å². The Bertz CT molecular complexity index is 636. The molecule has 0 unspecified atom stereocenters. The highest BCUT2D eigenvalue weighted by molar-refractivity contribution is 5.80. The molecule has 0 heterocycles. The third kappa shape index (κ3) is 4.24. The monoisotopic (exact) mass is 290 g/mol. The fourth-order valence-corrected chi connectivity index (χ4v) is 1.41. The van der Waals surface area contributed by atoms with Crippen molar-refractivity contribution in [3.8, 4) is 23.0 Å². The summed E-state index contributed by atoms with van der Waals surface area (Å²) in [6.45, 7) is 0. The first-order valence-electron chi connectivity index (χ1n) is 5.81. The summed E-state index contributed by atoms with van der Waals surface area (Å²) < 4.78 is 4.78. The third-order valence-corrected chi connectivity index (χ3v) is 2.51. The Morgan fingerprint density at radius 2 is 1.67 bits per heavy atom. The van der Waals surface area contributed by atoms with Crippen LogP contribution in [0.2, 0.25) is 0 Å². The quantitative estimate of drug-likeness (QED) is 0.591. The highest BCUT2D eigenvalue weighted by Crippen LogP contribution is 2.26. The minimum absolute atomic E-state index is 0.0399. The largest absolute Gasteiger partial charge is 0.504 e. The standard InChI is InChI=1S/C8H8O3.C7H6O3/c1-11-8-4-6(5-9)2-3-7(8)10;8-4-5-2-1-3-6(9)7(5)10/h2-5,10H,1H3;1-4,9-10H. The second-order valence-electron chi connectivity index (χ2n) is 3.88. The fraction of sp³-hybridized carbons (Fsp3) is 0.0667. The van der Waals surface area contributed by atoms with Gasteiger partial charge in [0.15, 0.2) is 29.3 Å². The number of carbonyl (C=O) groups excluding carboxylic acids is 2. The molecule has 0 radical (unpaired) electrons. The van der Waals surface area contributed by atoms with E-state index in [0.717, 1.165) is 0 Å². The molecule has 0 fully saturated rings. The summed E-state index contributed by atoms with van der Waals surface area (Å²) in [5.41, 5.74) is 0.583. The molecular formula is C15H14O6. The van der Waals surface area contributed by atoms with Crippen LogP contribution in [0.1, 0.15) is 20.7 Å². The summed E-state index contributed by atoms with van der Waals surface area (Å²) in [7, 11) is 1.43. The van der Waals surface area contributed by atoms with Crippen molar-refractivity contribution in [1.82, 2.24) is 0 Å². The molecule has 0 atom stereocenters. The predicted molar refractivity (Wildman–Crippen MR) is 75.2 cm³/mol. The molecule has 0 saturated heterocycles. The second kappa shape index (κ2) is 7.54. The van der Waals surface area contributed by atoms with E-state index in [4.69, 9.17) is 20.1 Å². The fourth-order valence-electron chi connectivity index (χ4n) is 1.41. The van der Waals surface area contributed by atoms with Gasteiger partial charge < -0.3 is 20.1 Å². The molecule has 0 bridgehead atoms. The van der Waals surface area contributed by atoms with Crippen LogP contribution in [-0.4, -0.2) is 35.0 Å². The van der Waals surface area contributed by atoms with Crippen LogP contribution in [0.15, 0.2) is 36.4 Å². The Labute approximate surface area is 120 Å². The number of para-hydroxylation sites is 1. The van der Waals surface area contributed by atoms with Gasteiger partial charge >= 0.3 is 0 Å². The summed E-state index contributed by atoms with van der Waals surface area (Å²) >= 11 is 0. The first-order valence-corrected chi connectivity index (χ1v) is 5.81. The molecule has 0 aliphatic heterocycles. The molecule has 21 heavy (non-hydrogen) atoms. The lowest BCUT2D eigenvalue weighted by atomic mass is 10.2. The molecular weight excluding hydrogens is 276 g/mol. The number of methoxy groups -OCH3 is 1. The van der Waals surface area contributed by atoms with Crippen molar-refractivity contribution in [2.45, 2.75) is 0 Å². The number of hydrogen-bond donors (Lipinski definition) is 3. The van der Waals surface area contributed by atoms with Crippen molar-refractivity contribution in [2.75, 3.05) is 7.11 Å². The average molecular weight is 290 g/mol. The maximum atomic E-state index is 10.2. The van der Waals surface area contributed by atoms with Gasteiger partial charge in [-0.1, -0.05) is 6.07 Å². The van der Waals surface area contributed by atoms with Crippen molar-refractivity contribution in [1.29, 1.82) is 0 Å². The molecule has 6 heteroatoms. The van der Waals surface area contributed by atoms with Gasteiger partial charge in [-0.2, -0.15) is 0 Å². The summed E-state index contributed by atoms with van der Waals surface area (Å²) in [5.74, 6) is -0.283. The number of carbonyl (C=O) groups is 2. The highest BCUT2D eigenvalue weighted by Gasteiger charge is 2.02. The van der Waals surface area contributed by atoms with Crippen LogP contribution < -0.4 is 4.74 Å². The molecule has 2 aromatic carbocycles. The molecule has 110 valence electrons. The van der Waals surface area contributed by atoms with Crippen molar-refractivity contribution < 1.29 is 29.6 Å². The van der Waals surface area contributed by atoms with E-state index in [0.29, 0.717) is 23.9 Å². The lowest BCUT2D eigenvalue weighted by molar-refractivity contribution is 0.111. The van der Waals surface area contributed by atoms with Gasteiger partial charge in [0.1, 0.15) is 6.29 Å². The van der Waals surface area contributed by atoms with Gasteiger partial charge in [0.2, 0.25) is 0 Å². The number of ether oxygens (including phenoxy) is 1. The van der Waals surface area contributed by atoms with E-state index in [9.17, 15) is 9.59 Å². The number of aldehydes is 2. The zero-order chi connectivity index (χ0) is 15.8. The predicted octanol–water partition coefficient (Wildman–Crippen LogP) is 2.12. The molecule has 0 saturated carbocycles. The van der Waals surface area contributed by atoms with Crippen LogP contribution in [0.25, 0.3) is 0 Å². The summed E-state index contributed by atoms with van der Waals surface area (Å²) in [5, 5.41) is 26.8. The summed E-state index contributed by atoms with van der Waals surface area (Å²) in [4.78, 5) is 20.4. The normalized spacial score (nSPS) is 9.19. The Balaban J connectivity index is 0.000000211. The maximum Gasteiger partial charge on any atom is 0.168 e. The molecule has 2 aromatic rings. The minimum Gasteiger partial charge on any atom is -0.504 e. The zero-order valence-electron chi connectivity index (χ0n) is 11.2. The van der Waals surface area contributed by atoms with Gasteiger partial charge in [-0.15, -0.1) is 0 Å². The van der Waals surface area contributed by atoms with Crippen LogP contribution >= 0.6 is 0 Å². The number of phenols is 3. The summed E-state index contributed by atoms with van der Waals surface area (Å²) in [6, 6.07) is 8.62. The first kappa shape index (κ1) is 16.0. The number of rotatable bonds is 3. The van der Waals surface area contributed by atoms with E-state index in [1.54, 1.807) is 0 Å². The van der Waals surface area contributed by atoms with E-state index in [-0.39, 0.29) is 22.8 Å². The van der Waals surface area contributed by atoms with Crippen molar-refractivity contribution in [2.24, 2.45) is 0 Å². The van der Waals surface area contributed by atoms with Crippen LogP contribution in [0.3, 0.4) is 0 Å². The lowest BCUT2D eigenvalue weighted by Gasteiger charge is -2.01. The molecule has 0 spiro atoms. The molecule has 3 N–H and O–H groups in total. The molecule has 0 amide bonds. The number of hydrogen-bond acceptors (Lipinski definition) is 6. The molecule has 0 aromatic heterocycles. The highest BCUT2D eigenvalue weighted by atomic mass is 16.5. The first-order chi connectivity index (χ1) is 10.0. The van der Waals surface area contributed by atoms with E-state index in [1.807, 2.05) is 0 Å². The van der Waals surface area contributed by atoms with Crippen LogP contribution in [-0.2, 0) is 0 Å². The molecule has 2 rings (SSSR count). The van der Waals surface area contributed by atoms with Gasteiger partial charge in [0.25, 0.3) is 0 Å². The van der Waals surface area contributed by atoms with Gasteiger partial charge in [-0.3, -0.25) is 9.59 Å². The maximum absolute atomic E-state index is 10.2. The van der Waals surface area contributed by atoms with Crippen LogP contribution in [0, 0.1) is 0 Å². The molecule has 0 aliphatic carbocycles. The van der Waals surface area contributed by atoms with Gasteiger partial charge in [-0.25, -0.2) is 0 Å². The Kier molecular flexibility index (Phi) is 5.76. The van der Waals surface area contributed by atoms with Gasteiger partial charge in [0, 0.05) is 5.56 Å². The number of benzene rings is 2. The van der Waals surface area contributed by atoms with Crippen LogP contribution in [0.4, 0.5) is 0 Å². The van der Waals surface area contributed by atoms with E-state index in [1.165, 1.54) is 43.5 Å². The van der Waals surface area contributed by atoms with E-state index < -0.39 is 0 Å². The van der Waals surface area contributed by atoms with E-state index in [2.05, 4.69) is 0 Å². The second-order valence-corrected chi connectivity index (χ2v) is 3.88. The molecule has 0 aliphatic rings. The van der Waals surface area contributed by atoms with Crippen molar-refractivity contribution in [3.05, 3.63) is 47.5 Å². The topological polar surface area (TPSA) is 104 Å². The van der Waals surface area contributed by atoms with Crippen molar-refractivity contribution >= 4 is 12.6 Å². The minimum atomic E-state index is -0.363. The average Bonchev–Trinajstić information content (AvgIpc) is 2.51. The van der Waals surface area contributed by atoms with Crippen LogP contribution in [0.5, 0.6) is 23.0 Å². The van der Waals surface area contributed by atoms with Gasteiger partial charge in [0.05, 0.1) is 12.7 Å². The smallest absolute Gasteiger partial charge is 0.168 e. The lowest BCUT2D eigenvalue weighted by Crippen LogP contribution is -1.85. The Morgan fingerprint density at radius 1 is 0.952 bits per heavy atom. The third-order valence-electron chi connectivity index (χ3n) is 2.51. The summed E-state index contributed by atoms with van der Waals surface area (Å²) in [6.07, 6.45) is 1.18. The Hall–Kier alpha value is -3.02. The van der Waals surface area contributed by atoms with Crippen molar-refractivity contribution in [3.63, 3.8) is 0 Å².